The van der Waals surface area contributed by atoms with Gasteiger partial charge in [0.05, 0.1) is 25.3 Å². The van der Waals surface area contributed by atoms with Gasteiger partial charge in [0.15, 0.2) is 0 Å². The number of halogens is 2. The summed E-state index contributed by atoms with van der Waals surface area (Å²) >= 11 is 0. The number of hydrogen-bond donors (Lipinski definition) is 0. The Balaban J connectivity index is 1.83. The fourth-order valence-corrected chi connectivity index (χ4v) is 3.64. The van der Waals surface area contributed by atoms with Crippen molar-refractivity contribution in [3.05, 3.63) is 78.0 Å². The van der Waals surface area contributed by atoms with E-state index in [1.165, 1.54) is 0 Å². The van der Waals surface area contributed by atoms with Crippen molar-refractivity contribution in [2.45, 2.75) is 6.54 Å². The fraction of sp³-hybridized carbons (Fsp3) is 0.261. The standard InChI is InChI=1S/C23H22F2N2O3/c1-2-10-30-22-5-3-4-20-18(22)14-21(23(28)26-8-11-29-12-9-26)27(20)15-16-13-17(24)6-7-19(16)25/h2-7,13-14H,1,8-12,15H2. The molecule has 1 aromatic heterocycles. The van der Waals surface area contributed by atoms with Gasteiger partial charge < -0.3 is 18.9 Å². The van der Waals surface area contributed by atoms with E-state index in [2.05, 4.69) is 6.58 Å². The molecule has 3 aromatic rings. The third-order valence-corrected chi connectivity index (χ3v) is 5.12. The molecular weight excluding hydrogens is 390 g/mol. The van der Waals surface area contributed by atoms with E-state index in [0.717, 1.165) is 23.6 Å². The van der Waals surface area contributed by atoms with E-state index in [1.807, 2.05) is 18.2 Å². The number of carbonyl (C=O) groups excluding carboxylic acids is 1. The summed E-state index contributed by atoms with van der Waals surface area (Å²) in [6.07, 6.45) is 1.64. The molecule has 2 heterocycles. The molecule has 1 amide bonds. The van der Waals surface area contributed by atoms with Crippen molar-refractivity contribution in [2.75, 3.05) is 32.9 Å². The van der Waals surface area contributed by atoms with E-state index in [4.69, 9.17) is 9.47 Å². The Kier molecular flexibility index (Phi) is 5.81. The molecule has 0 N–H and O–H groups in total. The minimum atomic E-state index is -0.529. The normalized spacial score (nSPS) is 14.1. The van der Waals surface area contributed by atoms with Crippen LogP contribution in [0.2, 0.25) is 0 Å². The molecule has 5 nitrogen and oxygen atoms in total. The summed E-state index contributed by atoms with van der Waals surface area (Å²) in [6, 6.07) is 10.5. The van der Waals surface area contributed by atoms with Crippen molar-refractivity contribution in [3.63, 3.8) is 0 Å². The number of ether oxygens (including phenoxy) is 2. The second-order valence-corrected chi connectivity index (χ2v) is 7.04. The number of benzene rings is 2. The van der Waals surface area contributed by atoms with Gasteiger partial charge in [-0.05, 0) is 36.4 Å². The average Bonchev–Trinajstić information content (AvgIpc) is 3.14. The van der Waals surface area contributed by atoms with E-state index < -0.39 is 11.6 Å². The Hall–Kier alpha value is -3.19. The molecule has 1 fully saturated rings. The van der Waals surface area contributed by atoms with Crippen LogP contribution in [-0.4, -0.2) is 48.3 Å². The number of morpholine rings is 1. The molecule has 0 saturated carbocycles. The number of aromatic nitrogens is 1. The van der Waals surface area contributed by atoms with Crippen LogP contribution >= 0.6 is 0 Å². The van der Waals surface area contributed by atoms with Crippen LogP contribution in [-0.2, 0) is 11.3 Å². The minimum absolute atomic E-state index is 0.0173. The number of carbonyl (C=O) groups is 1. The smallest absolute Gasteiger partial charge is 0.270 e. The molecule has 0 atom stereocenters. The van der Waals surface area contributed by atoms with Crippen molar-refractivity contribution >= 4 is 16.8 Å². The Morgan fingerprint density at radius 1 is 1.17 bits per heavy atom. The van der Waals surface area contributed by atoms with Crippen LogP contribution in [0, 0.1) is 11.6 Å². The van der Waals surface area contributed by atoms with Crippen molar-refractivity contribution in [1.82, 2.24) is 9.47 Å². The lowest BCUT2D eigenvalue weighted by Crippen LogP contribution is -2.41. The van der Waals surface area contributed by atoms with E-state index in [1.54, 1.807) is 21.6 Å². The summed E-state index contributed by atoms with van der Waals surface area (Å²) in [5.41, 5.74) is 1.27. The Bertz CT molecular complexity index is 1090. The van der Waals surface area contributed by atoms with Crippen LogP contribution < -0.4 is 4.74 Å². The molecule has 1 aliphatic heterocycles. The maximum Gasteiger partial charge on any atom is 0.270 e. The van der Waals surface area contributed by atoms with Gasteiger partial charge in [0.2, 0.25) is 0 Å². The molecule has 1 aliphatic rings. The first-order valence-corrected chi connectivity index (χ1v) is 9.75. The zero-order valence-corrected chi connectivity index (χ0v) is 16.4. The summed E-state index contributed by atoms with van der Waals surface area (Å²) in [6.45, 7) is 5.90. The predicted octanol–water partition coefficient (Wildman–Crippen LogP) is 4.01. The van der Waals surface area contributed by atoms with Crippen molar-refractivity contribution < 1.29 is 23.0 Å². The first-order valence-electron chi connectivity index (χ1n) is 9.75. The first kappa shape index (κ1) is 20.1. The summed E-state index contributed by atoms with van der Waals surface area (Å²) in [5, 5.41) is 0.729. The number of rotatable bonds is 6. The van der Waals surface area contributed by atoms with Crippen molar-refractivity contribution in [1.29, 1.82) is 0 Å². The highest BCUT2D eigenvalue weighted by Gasteiger charge is 2.24. The van der Waals surface area contributed by atoms with Gasteiger partial charge in [-0.25, -0.2) is 8.78 Å². The molecule has 7 heteroatoms. The molecule has 0 spiro atoms. The van der Waals surface area contributed by atoms with Gasteiger partial charge in [-0.15, -0.1) is 0 Å². The van der Waals surface area contributed by atoms with Gasteiger partial charge in [0.1, 0.15) is 29.7 Å². The fourth-order valence-electron chi connectivity index (χ4n) is 3.64. The van der Waals surface area contributed by atoms with Crippen LogP contribution in [0.4, 0.5) is 8.78 Å². The van der Waals surface area contributed by atoms with E-state index in [0.29, 0.717) is 49.9 Å². The van der Waals surface area contributed by atoms with Crippen LogP contribution in [0.15, 0.2) is 55.1 Å². The van der Waals surface area contributed by atoms with E-state index in [-0.39, 0.29) is 18.0 Å². The van der Waals surface area contributed by atoms with Gasteiger partial charge in [-0.2, -0.15) is 0 Å². The average molecular weight is 412 g/mol. The van der Waals surface area contributed by atoms with E-state index in [9.17, 15) is 13.6 Å². The van der Waals surface area contributed by atoms with Gasteiger partial charge in [-0.3, -0.25) is 4.79 Å². The molecule has 2 aromatic carbocycles. The molecule has 0 unspecified atom stereocenters. The highest BCUT2D eigenvalue weighted by molar-refractivity contribution is 6.00. The predicted molar refractivity (Wildman–Crippen MR) is 110 cm³/mol. The van der Waals surface area contributed by atoms with Crippen LogP contribution in [0.3, 0.4) is 0 Å². The lowest BCUT2D eigenvalue weighted by Gasteiger charge is -2.27. The largest absolute Gasteiger partial charge is 0.489 e. The number of amides is 1. The zero-order valence-electron chi connectivity index (χ0n) is 16.4. The van der Waals surface area contributed by atoms with Gasteiger partial charge >= 0.3 is 0 Å². The Labute approximate surface area is 173 Å². The SMILES string of the molecule is C=CCOc1cccc2c1cc(C(=O)N1CCOCC1)n2Cc1cc(F)ccc1F. The third kappa shape index (κ3) is 3.93. The van der Waals surface area contributed by atoms with Gasteiger partial charge in [0, 0.05) is 24.0 Å². The van der Waals surface area contributed by atoms with Crippen molar-refractivity contribution in [3.8, 4) is 5.75 Å². The maximum atomic E-state index is 14.4. The highest BCUT2D eigenvalue weighted by atomic mass is 19.1. The summed E-state index contributed by atoms with van der Waals surface area (Å²) in [4.78, 5) is 15.0. The second-order valence-electron chi connectivity index (χ2n) is 7.04. The summed E-state index contributed by atoms with van der Waals surface area (Å²) in [7, 11) is 0. The molecule has 30 heavy (non-hydrogen) atoms. The van der Waals surface area contributed by atoms with E-state index >= 15 is 0 Å². The quantitative estimate of drug-likeness (QED) is 0.575. The minimum Gasteiger partial charge on any atom is -0.489 e. The second kappa shape index (κ2) is 8.67. The van der Waals surface area contributed by atoms with Crippen LogP contribution in [0.5, 0.6) is 5.75 Å². The molecule has 0 radical (unpaired) electrons. The van der Waals surface area contributed by atoms with Gasteiger partial charge in [-0.1, -0.05) is 18.7 Å². The molecular formula is C23H22F2N2O3. The topological polar surface area (TPSA) is 43.7 Å². The Morgan fingerprint density at radius 3 is 2.73 bits per heavy atom. The van der Waals surface area contributed by atoms with Crippen LogP contribution in [0.25, 0.3) is 10.9 Å². The Morgan fingerprint density at radius 2 is 1.97 bits per heavy atom. The van der Waals surface area contributed by atoms with Crippen LogP contribution in [0.1, 0.15) is 16.1 Å². The van der Waals surface area contributed by atoms with Gasteiger partial charge in [0.25, 0.3) is 5.91 Å². The van der Waals surface area contributed by atoms with Crippen molar-refractivity contribution in [2.24, 2.45) is 0 Å². The number of hydrogen-bond acceptors (Lipinski definition) is 3. The molecule has 1 saturated heterocycles. The molecule has 4 rings (SSSR count). The molecule has 156 valence electrons. The first-order chi connectivity index (χ1) is 14.6. The third-order valence-electron chi connectivity index (χ3n) is 5.12. The summed E-state index contributed by atoms with van der Waals surface area (Å²) in [5.74, 6) is -0.635. The summed E-state index contributed by atoms with van der Waals surface area (Å²) < 4.78 is 40.9. The highest BCUT2D eigenvalue weighted by Crippen LogP contribution is 2.31. The zero-order chi connectivity index (χ0) is 21.1. The lowest BCUT2D eigenvalue weighted by molar-refractivity contribution is 0.0296. The molecule has 0 bridgehead atoms. The maximum absolute atomic E-state index is 14.4. The lowest BCUT2D eigenvalue weighted by atomic mass is 10.2. The molecule has 0 aliphatic carbocycles. The monoisotopic (exact) mass is 412 g/mol. The number of nitrogens with zero attached hydrogens (tertiary/aromatic N) is 2. The number of fused-ring (bicyclic) bond motifs is 1.